The fraction of sp³-hybridized carbons (Fsp3) is 0.379. The Morgan fingerprint density at radius 3 is 2.38 bits per heavy atom. The van der Waals surface area contributed by atoms with Crippen LogP contribution in [-0.4, -0.2) is 47.7 Å². The Balaban J connectivity index is 1.63. The lowest BCUT2D eigenvalue weighted by atomic mass is 10.0. The van der Waals surface area contributed by atoms with E-state index in [2.05, 4.69) is 5.32 Å². The van der Waals surface area contributed by atoms with E-state index in [1.165, 1.54) is 36.4 Å². The van der Waals surface area contributed by atoms with Crippen LogP contribution >= 0.6 is 11.8 Å². The summed E-state index contributed by atoms with van der Waals surface area (Å²) in [6.45, 7) is 3.66. The van der Waals surface area contributed by atoms with Crippen molar-refractivity contribution in [1.29, 1.82) is 0 Å². The molecule has 2 N–H and O–H groups in total. The highest BCUT2D eigenvalue weighted by molar-refractivity contribution is 8.01. The number of rotatable bonds is 10. The van der Waals surface area contributed by atoms with Gasteiger partial charge in [-0.15, -0.1) is 11.8 Å². The van der Waals surface area contributed by atoms with Gasteiger partial charge in [-0.3, -0.25) is 4.79 Å². The second-order valence-electron chi connectivity index (χ2n) is 10.4. The Morgan fingerprint density at radius 2 is 1.77 bits per heavy atom. The Hall–Kier alpha value is -3.11. The van der Waals surface area contributed by atoms with Crippen molar-refractivity contribution in [3.05, 3.63) is 71.5 Å². The van der Waals surface area contributed by atoms with Gasteiger partial charge >= 0.3 is 5.97 Å². The number of sulfone groups is 1. The molecule has 0 bridgehead atoms. The average molecular weight is 574 g/mol. The Labute approximate surface area is 232 Å². The number of aliphatic carboxylic acids is 1. The zero-order chi connectivity index (χ0) is 28.4. The number of thioether (sulfide) groups is 1. The first kappa shape index (κ1) is 28.9. The van der Waals surface area contributed by atoms with Gasteiger partial charge in [0.2, 0.25) is 0 Å². The number of benzene rings is 3. The van der Waals surface area contributed by atoms with Gasteiger partial charge in [0.05, 0.1) is 10.5 Å². The lowest BCUT2D eigenvalue weighted by Gasteiger charge is -2.33. The molecule has 0 unspecified atom stereocenters. The van der Waals surface area contributed by atoms with E-state index < -0.39 is 38.3 Å². The second kappa shape index (κ2) is 11.6. The van der Waals surface area contributed by atoms with E-state index in [9.17, 15) is 27.5 Å². The van der Waals surface area contributed by atoms with Crippen molar-refractivity contribution in [2.24, 2.45) is 0 Å². The fourth-order valence-corrected chi connectivity index (χ4v) is 7.19. The maximum absolute atomic E-state index is 13.9. The molecule has 3 aromatic rings. The van der Waals surface area contributed by atoms with Crippen molar-refractivity contribution >= 4 is 44.2 Å². The van der Waals surface area contributed by atoms with Crippen LogP contribution in [0, 0.1) is 5.82 Å². The molecular formula is C29H32FNO6S2. The minimum absolute atomic E-state index is 0.00615. The highest BCUT2D eigenvalue weighted by atomic mass is 32.2. The van der Waals surface area contributed by atoms with Crippen LogP contribution in [0.5, 0.6) is 5.75 Å². The third-order valence-electron chi connectivity index (χ3n) is 6.90. The first-order valence-electron chi connectivity index (χ1n) is 12.7. The zero-order valence-corrected chi connectivity index (χ0v) is 23.7. The quantitative estimate of drug-likeness (QED) is 0.325. The highest BCUT2D eigenvalue weighted by Crippen LogP contribution is 2.40. The van der Waals surface area contributed by atoms with Gasteiger partial charge in [-0.1, -0.05) is 31.0 Å². The van der Waals surface area contributed by atoms with E-state index in [-0.39, 0.29) is 22.8 Å². The summed E-state index contributed by atoms with van der Waals surface area (Å²) in [5.74, 6) is -2.01. The maximum atomic E-state index is 13.9. The number of amides is 1. The molecule has 1 aliphatic carbocycles. The van der Waals surface area contributed by atoms with Crippen LogP contribution in [-0.2, 0) is 21.2 Å². The summed E-state index contributed by atoms with van der Waals surface area (Å²) >= 11 is 1.59. The number of hydrogen-bond donors (Lipinski definition) is 2. The standard InChI is InChI=1S/C29H32FNO6S2/c1-29(2,38-21-6-4-5-7-21)26(28(33)34)31-27(32)24-14-10-19-16-20(30)11-15-23(19)25(24)37-17-18-8-12-22(13-9-18)39(3,35)36/h8-16,21,26H,4-7,17H2,1-3H3,(H,31,32)(H,33,34)/t26-/m1/s1. The number of carbonyl (C=O) groups excluding carboxylic acids is 1. The second-order valence-corrected chi connectivity index (χ2v) is 14.4. The predicted octanol–water partition coefficient (Wildman–Crippen LogP) is 5.60. The van der Waals surface area contributed by atoms with Gasteiger partial charge in [0, 0.05) is 21.6 Å². The molecule has 39 heavy (non-hydrogen) atoms. The van der Waals surface area contributed by atoms with Gasteiger partial charge in [0.15, 0.2) is 9.84 Å². The topological polar surface area (TPSA) is 110 Å². The number of carbonyl (C=O) groups is 2. The fourth-order valence-electron chi connectivity index (χ4n) is 4.84. The minimum Gasteiger partial charge on any atom is -0.487 e. The molecule has 0 saturated heterocycles. The molecule has 1 fully saturated rings. The summed E-state index contributed by atoms with van der Waals surface area (Å²) in [5.41, 5.74) is 0.778. The number of halogens is 1. The molecule has 0 heterocycles. The van der Waals surface area contributed by atoms with Gasteiger partial charge in [-0.25, -0.2) is 17.6 Å². The van der Waals surface area contributed by atoms with Crippen molar-refractivity contribution in [2.75, 3.05) is 6.26 Å². The molecule has 0 aliphatic heterocycles. The Bertz CT molecular complexity index is 1480. The van der Waals surface area contributed by atoms with E-state index in [4.69, 9.17) is 4.74 Å². The Kier molecular flexibility index (Phi) is 8.56. The molecule has 1 atom stereocenters. The van der Waals surface area contributed by atoms with Gasteiger partial charge in [-0.2, -0.15) is 0 Å². The monoisotopic (exact) mass is 573 g/mol. The molecule has 1 aliphatic rings. The number of nitrogens with one attached hydrogen (secondary N) is 1. The van der Waals surface area contributed by atoms with Crippen LogP contribution < -0.4 is 10.1 Å². The van der Waals surface area contributed by atoms with Crippen molar-refractivity contribution < 1.29 is 32.2 Å². The van der Waals surface area contributed by atoms with E-state index in [0.717, 1.165) is 31.9 Å². The molecule has 10 heteroatoms. The molecule has 0 aromatic heterocycles. The first-order valence-corrected chi connectivity index (χ1v) is 15.5. The molecule has 1 saturated carbocycles. The third-order valence-corrected chi connectivity index (χ3v) is 9.68. The van der Waals surface area contributed by atoms with Crippen LogP contribution in [0.4, 0.5) is 4.39 Å². The van der Waals surface area contributed by atoms with Gasteiger partial charge < -0.3 is 15.2 Å². The van der Waals surface area contributed by atoms with Gasteiger partial charge in [-0.05, 0) is 74.0 Å². The van der Waals surface area contributed by atoms with Crippen molar-refractivity contribution in [1.82, 2.24) is 5.32 Å². The van der Waals surface area contributed by atoms with E-state index in [0.29, 0.717) is 21.6 Å². The summed E-state index contributed by atoms with van der Waals surface area (Å²) in [6, 6.07) is 12.2. The number of fused-ring (bicyclic) bond motifs is 1. The molecular weight excluding hydrogens is 541 g/mol. The van der Waals surface area contributed by atoms with Crippen LogP contribution in [0.1, 0.15) is 55.5 Å². The summed E-state index contributed by atoms with van der Waals surface area (Å²) in [4.78, 5) is 26.0. The molecule has 0 spiro atoms. The van der Waals surface area contributed by atoms with Crippen LogP contribution in [0.15, 0.2) is 59.5 Å². The summed E-state index contributed by atoms with van der Waals surface area (Å²) in [6.07, 6.45) is 5.41. The molecule has 1 amide bonds. The van der Waals surface area contributed by atoms with E-state index in [1.807, 2.05) is 13.8 Å². The average Bonchev–Trinajstić information content (AvgIpc) is 3.37. The summed E-state index contributed by atoms with van der Waals surface area (Å²) in [7, 11) is -3.36. The summed E-state index contributed by atoms with van der Waals surface area (Å²) in [5, 5.41) is 14.1. The maximum Gasteiger partial charge on any atom is 0.327 e. The summed E-state index contributed by atoms with van der Waals surface area (Å²) < 4.78 is 42.8. The Morgan fingerprint density at radius 1 is 1.10 bits per heavy atom. The molecule has 7 nitrogen and oxygen atoms in total. The van der Waals surface area contributed by atoms with Crippen LogP contribution in [0.25, 0.3) is 10.8 Å². The number of carboxylic acids is 1. The van der Waals surface area contributed by atoms with E-state index in [1.54, 1.807) is 30.0 Å². The lowest BCUT2D eigenvalue weighted by Crippen LogP contribution is -2.53. The highest BCUT2D eigenvalue weighted by Gasteiger charge is 2.40. The first-order chi connectivity index (χ1) is 18.3. The number of ether oxygens (including phenoxy) is 1. The lowest BCUT2D eigenvalue weighted by molar-refractivity contribution is -0.139. The number of hydrogen-bond acceptors (Lipinski definition) is 6. The van der Waals surface area contributed by atoms with Crippen molar-refractivity contribution in [3.63, 3.8) is 0 Å². The van der Waals surface area contributed by atoms with Crippen molar-refractivity contribution in [3.8, 4) is 5.75 Å². The minimum atomic E-state index is -3.36. The van der Waals surface area contributed by atoms with Crippen LogP contribution in [0.3, 0.4) is 0 Å². The molecule has 0 radical (unpaired) electrons. The van der Waals surface area contributed by atoms with Gasteiger partial charge in [0.25, 0.3) is 5.91 Å². The normalized spacial score (nSPS) is 15.3. The van der Waals surface area contributed by atoms with Gasteiger partial charge in [0.1, 0.15) is 24.2 Å². The molecule has 4 rings (SSSR count). The zero-order valence-electron chi connectivity index (χ0n) is 22.1. The molecule has 208 valence electrons. The molecule has 3 aromatic carbocycles. The predicted molar refractivity (Wildman–Crippen MR) is 151 cm³/mol. The number of carboxylic acid groups (broad SMARTS) is 1. The smallest absolute Gasteiger partial charge is 0.327 e. The largest absolute Gasteiger partial charge is 0.487 e. The van der Waals surface area contributed by atoms with Crippen molar-refractivity contribution in [2.45, 2.75) is 67.1 Å². The van der Waals surface area contributed by atoms with E-state index >= 15 is 0 Å². The van der Waals surface area contributed by atoms with Crippen LogP contribution in [0.2, 0.25) is 0 Å². The third kappa shape index (κ3) is 6.91. The SMILES string of the molecule is CC(C)(SC1CCCC1)[C@H](NC(=O)c1ccc2cc(F)ccc2c1OCc1ccc(S(C)(=O)=O)cc1)C(=O)O.